The Bertz CT molecular complexity index is 1400. The van der Waals surface area contributed by atoms with Gasteiger partial charge in [0, 0.05) is 16.7 Å². The number of benzene rings is 3. The summed E-state index contributed by atoms with van der Waals surface area (Å²) in [5.74, 6) is -3.07. The van der Waals surface area contributed by atoms with Gasteiger partial charge in [-0.15, -0.1) is 0 Å². The van der Waals surface area contributed by atoms with Crippen LogP contribution >= 0.6 is 16.3 Å². The highest BCUT2D eigenvalue weighted by Crippen LogP contribution is 2.47. The molecule has 38 heavy (non-hydrogen) atoms. The first-order valence-corrected chi connectivity index (χ1v) is 12.5. The number of Topliss-reactive ketones (excluding diaryl/α,β-unsaturated/α-hetero) is 3. The Morgan fingerprint density at radius 3 is 1.58 bits per heavy atom. The molecule has 1 heterocycles. The molecule has 1 unspecified atom stereocenters. The maximum absolute atomic E-state index is 14.1. The molecular weight excluding hydrogens is 556 g/mol. The summed E-state index contributed by atoms with van der Waals surface area (Å²) >= 11 is 2.73. The number of ketones is 3. The Labute approximate surface area is 228 Å². The van der Waals surface area contributed by atoms with Crippen molar-refractivity contribution in [2.75, 3.05) is 0 Å². The Hall–Kier alpha value is -3.05. The van der Waals surface area contributed by atoms with Crippen LogP contribution in [-0.2, 0) is 8.57 Å². The number of hydrogen-bond donors (Lipinski definition) is 3. The summed E-state index contributed by atoms with van der Waals surface area (Å²) in [6.45, 7) is 4.88. The number of hydrogen-bond acceptors (Lipinski definition) is 8. The zero-order chi connectivity index (χ0) is 27.8. The van der Waals surface area contributed by atoms with Crippen molar-refractivity contribution >= 4 is 33.6 Å². The van der Waals surface area contributed by atoms with Gasteiger partial charge in [-0.1, -0.05) is 72.8 Å². The first kappa shape index (κ1) is 28.0. The fourth-order valence-electron chi connectivity index (χ4n) is 4.91. The molecule has 9 heteroatoms. The predicted molar refractivity (Wildman–Crippen MR) is 141 cm³/mol. The summed E-state index contributed by atoms with van der Waals surface area (Å²) in [6.07, 6.45) is -6.21. The van der Waals surface area contributed by atoms with Crippen molar-refractivity contribution in [1.82, 2.24) is 0 Å². The highest BCUT2D eigenvalue weighted by Gasteiger charge is 2.76. The van der Waals surface area contributed by atoms with Gasteiger partial charge in [0.1, 0.15) is 28.5 Å². The zero-order valence-corrected chi connectivity index (χ0v) is 22.5. The number of rotatable bonds is 8. The predicted octanol–water partition coefficient (Wildman–Crippen LogP) is 3.43. The van der Waals surface area contributed by atoms with Gasteiger partial charge in [0.05, 0.1) is 0 Å². The molecule has 1 aliphatic heterocycles. The summed E-state index contributed by atoms with van der Waals surface area (Å²) in [7, 11) is 0. The van der Waals surface area contributed by atoms with E-state index in [4.69, 9.17) is 8.57 Å². The zero-order valence-electron chi connectivity index (χ0n) is 20.9. The van der Waals surface area contributed by atoms with Crippen molar-refractivity contribution in [3.8, 4) is 0 Å². The van der Waals surface area contributed by atoms with Crippen LogP contribution in [0, 0.1) is 20.8 Å². The second-order valence-electron chi connectivity index (χ2n) is 9.42. The number of halogens is 1. The lowest BCUT2D eigenvalue weighted by atomic mass is 9.69. The lowest BCUT2D eigenvalue weighted by molar-refractivity contribution is -0.137. The van der Waals surface area contributed by atoms with E-state index in [1.807, 2.05) is 0 Å². The molecule has 8 nitrogen and oxygen atoms in total. The van der Waals surface area contributed by atoms with Gasteiger partial charge in [0.15, 0.2) is 11.4 Å². The topological polar surface area (TPSA) is 130 Å². The van der Waals surface area contributed by atoms with E-state index >= 15 is 0 Å². The van der Waals surface area contributed by atoms with E-state index in [1.54, 1.807) is 75.4 Å². The van der Waals surface area contributed by atoms with E-state index in [2.05, 4.69) is 16.3 Å². The average Bonchev–Trinajstić information content (AvgIpc) is 3.16. The first-order chi connectivity index (χ1) is 18.0. The van der Waals surface area contributed by atoms with E-state index in [-0.39, 0.29) is 16.7 Å². The third kappa shape index (κ3) is 4.25. The molecule has 198 valence electrons. The van der Waals surface area contributed by atoms with Crippen molar-refractivity contribution in [3.63, 3.8) is 0 Å². The van der Waals surface area contributed by atoms with Crippen LogP contribution in [-0.4, -0.2) is 62.4 Å². The lowest BCUT2D eigenvalue weighted by Gasteiger charge is -2.39. The van der Waals surface area contributed by atoms with Gasteiger partial charge in [-0.25, -0.2) is 0 Å². The lowest BCUT2D eigenvalue weighted by Crippen LogP contribution is -2.69. The maximum Gasteiger partial charge on any atom is 0.218 e. The van der Waals surface area contributed by atoms with Crippen molar-refractivity contribution in [1.29, 1.82) is 0 Å². The minimum absolute atomic E-state index is 0.00970. The van der Waals surface area contributed by atoms with Crippen molar-refractivity contribution in [2.45, 2.75) is 50.5 Å². The van der Waals surface area contributed by atoms with E-state index in [1.165, 1.54) is 18.2 Å². The average molecular weight is 583 g/mol. The summed E-state index contributed by atoms with van der Waals surface area (Å²) in [4.78, 5) is 41.4. The van der Waals surface area contributed by atoms with Crippen LogP contribution in [0.3, 0.4) is 0 Å². The smallest absolute Gasteiger partial charge is 0.218 e. The highest BCUT2D eigenvalue weighted by molar-refractivity contribution is 9.06. The van der Waals surface area contributed by atoms with Crippen molar-refractivity contribution in [2.24, 2.45) is 0 Å². The largest absolute Gasteiger partial charge is 0.382 e. The Morgan fingerprint density at radius 1 is 0.763 bits per heavy atom. The standard InChI is InChI=1S/C29H27BrO8/c1-16-10-4-7-13-19(16)22(31)23(32)26-28(35,24(33)20-14-8-5-11-17(20)2)29(36,27(37-26)38-30)25(34)21-15-9-6-12-18(21)3/h4-15,23,26-27,32,35-36H,1-3H3/t23?,26-,27-,28-,29-/m0/s1. The van der Waals surface area contributed by atoms with E-state index < -0.39 is 47.0 Å². The minimum Gasteiger partial charge on any atom is -0.382 e. The van der Waals surface area contributed by atoms with E-state index in [0.717, 1.165) is 0 Å². The highest BCUT2D eigenvalue weighted by atomic mass is 79.9. The van der Waals surface area contributed by atoms with Crippen molar-refractivity contribution < 1.29 is 38.3 Å². The monoisotopic (exact) mass is 582 g/mol. The summed E-state index contributed by atoms with van der Waals surface area (Å²) in [5, 5.41) is 35.5. The molecular formula is C29H27BrO8. The van der Waals surface area contributed by atoms with Crippen LogP contribution in [0.4, 0.5) is 0 Å². The fraction of sp³-hybridized carbons (Fsp3) is 0.276. The molecule has 0 amide bonds. The second kappa shape index (κ2) is 10.6. The van der Waals surface area contributed by atoms with Gasteiger partial charge in [-0.2, -0.15) is 0 Å². The normalized spacial score (nSPS) is 25.7. The van der Waals surface area contributed by atoms with Crippen LogP contribution in [0.1, 0.15) is 47.8 Å². The van der Waals surface area contributed by atoms with Crippen LogP contribution in [0.15, 0.2) is 72.8 Å². The number of carbonyl (C=O) groups excluding carboxylic acids is 3. The van der Waals surface area contributed by atoms with Gasteiger partial charge in [0.2, 0.25) is 23.5 Å². The second-order valence-corrected chi connectivity index (χ2v) is 9.80. The maximum atomic E-state index is 14.1. The molecule has 1 fully saturated rings. The molecule has 0 aromatic heterocycles. The van der Waals surface area contributed by atoms with Crippen LogP contribution in [0.2, 0.25) is 0 Å². The first-order valence-electron chi connectivity index (χ1n) is 11.9. The number of aliphatic hydroxyl groups excluding tert-OH is 1. The van der Waals surface area contributed by atoms with Gasteiger partial charge < -0.3 is 20.1 Å². The van der Waals surface area contributed by atoms with Gasteiger partial charge >= 0.3 is 0 Å². The fourth-order valence-corrected chi connectivity index (χ4v) is 5.27. The van der Waals surface area contributed by atoms with E-state index in [9.17, 15) is 29.7 Å². The third-order valence-corrected chi connectivity index (χ3v) is 7.46. The number of carbonyl (C=O) groups is 3. The summed E-state index contributed by atoms with van der Waals surface area (Å²) in [6, 6.07) is 18.9. The number of ether oxygens (including phenoxy) is 1. The molecule has 5 atom stereocenters. The Balaban J connectivity index is 1.94. The Morgan fingerprint density at radius 2 is 1.16 bits per heavy atom. The van der Waals surface area contributed by atoms with Crippen molar-refractivity contribution in [3.05, 3.63) is 106 Å². The molecule has 0 radical (unpaired) electrons. The van der Waals surface area contributed by atoms with Crippen LogP contribution in [0.5, 0.6) is 0 Å². The molecule has 1 saturated heterocycles. The molecule has 0 spiro atoms. The number of aliphatic hydroxyl groups is 3. The molecule has 3 aromatic carbocycles. The van der Waals surface area contributed by atoms with Gasteiger partial charge in [0.25, 0.3) is 0 Å². The molecule has 3 N–H and O–H groups in total. The summed E-state index contributed by atoms with van der Waals surface area (Å²) < 4.78 is 10.8. The van der Waals surface area contributed by atoms with Gasteiger partial charge in [-0.3, -0.25) is 18.2 Å². The Kier molecular flexibility index (Phi) is 7.81. The molecule has 0 aliphatic carbocycles. The molecule has 1 aliphatic rings. The minimum atomic E-state index is -3.14. The van der Waals surface area contributed by atoms with Crippen LogP contribution < -0.4 is 0 Å². The summed E-state index contributed by atoms with van der Waals surface area (Å²) in [5.41, 5.74) is -4.74. The van der Waals surface area contributed by atoms with E-state index in [0.29, 0.717) is 16.7 Å². The molecule has 0 saturated carbocycles. The molecule has 3 aromatic rings. The SMILES string of the molecule is Cc1ccccc1C(=O)C(O)[C@@H]1O[C@@H](OBr)[C@@](O)(C(=O)c2ccccc2C)[C@]1(O)C(=O)c1ccccc1C. The molecule has 0 bridgehead atoms. The molecule has 4 rings (SSSR count). The third-order valence-electron chi connectivity index (χ3n) is 7.12. The van der Waals surface area contributed by atoms with Crippen LogP contribution in [0.25, 0.3) is 0 Å². The number of aryl methyl sites for hydroxylation is 3. The van der Waals surface area contributed by atoms with Gasteiger partial charge in [-0.05, 0) is 37.5 Å². The quantitative estimate of drug-likeness (QED) is 0.344.